The summed E-state index contributed by atoms with van der Waals surface area (Å²) in [7, 11) is 0. The number of aliphatic carboxylic acids is 1. The second-order valence-electron chi connectivity index (χ2n) is 14.1. The predicted molar refractivity (Wildman–Crippen MR) is 138 cm³/mol. The molecule has 0 unspecified atom stereocenters. The Morgan fingerprint density at radius 3 is 2.44 bits per heavy atom. The summed E-state index contributed by atoms with van der Waals surface area (Å²) in [5.41, 5.74) is 5.59. The summed E-state index contributed by atoms with van der Waals surface area (Å²) in [6, 6.07) is -0.947. The molecule has 0 radical (unpaired) electrons. The molecule has 6 aliphatic rings. The quantitative estimate of drug-likeness (QED) is 0.273. The lowest BCUT2D eigenvalue weighted by atomic mass is 9.42. The Hall–Kier alpha value is -0.850. The summed E-state index contributed by atoms with van der Waals surface area (Å²) in [6.45, 7) is 4.33. The molecular weight excluding hydrogens is 506 g/mol. The Morgan fingerprint density at radius 1 is 0.974 bits per heavy atom. The fourth-order valence-electron chi connectivity index (χ4n) is 10.7. The molecule has 4 saturated carbocycles. The Balaban J connectivity index is 1.17. The molecule has 4 aliphatic carbocycles. The molecule has 2 aliphatic heterocycles. The van der Waals surface area contributed by atoms with Crippen LogP contribution in [0.1, 0.15) is 78.1 Å². The van der Waals surface area contributed by atoms with Crippen LogP contribution < -0.4 is 5.73 Å². The normalized spacial score (nSPS) is 56.8. The van der Waals surface area contributed by atoms with Crippen molar-refractivity contribution in [2.45, 2.75) is 127 Å². The van der Waals surface area contributed by atoms with Crippen LogP contribution in [0.2, 0.25) is 0 Å². The van der Waals surface area contributed by atoms with Gasteiger partial charge >= 0.3 is 5.97 Å². The number of aliphatic hydroxyl groups excluding tert-OH is 4. The minimum Gasteiger partial charge on any atom is -0.481 e. The highest BCUT2D eigenvalue weighted by molar-refractivity contribution is 5.67. The van der Waals surface area contributed by atoms with E-state index < -0.39 is 55.1 Å². The minimum absolute atomic E-state index is 0.0465. The molecule has 2 bridgehead atoms. The molecule has 10 heteroatoms. The van der Waals surface area contributed by atoms with Gasteiger partial charge in [0.1, 0.15) is 18.3 Å². The van der Waals surface area contributed by atoms with Gasteiger partial charge in [-0.1, -0.05) is 13.8 Å². The molecule has 0 aromatic rings. The first-order valence-electron chi connectivity index (χ1n) is 15.1. The van der Waals surface area contributed by atoms with Gasteiger partial charge in [-0.3, -0.25) is 4.79 Å². The van der Waals surface area contributed by atoms with Crippen molar-refractivity contribution in [1.82, 2.24) is 0 Å². The van der Waals surface area contributed by atoms with Gasteiger partial charge in [0.2, 0.25) is 0 Å². The molecule has 15 atom stereocenters. The third kappa shape index (κ3) is 4.07. The molecule has 39 heavy (non-hydrogen) atoms. The lowest BCUT2D eigenvalue weighted by Gasteiger charge is -2.67. The smallest absolute Gasteiger partial charge is 0.303 e. The van der Waals surface area contributed by atoms with E-state index in [4.69, 9.17) is 19.9 Å². The highest BCUT2D eigenvalue weighted by Crippen LogP contribution is 2.73. The molecule has 10 nitrogen and oxygen atoms in total. The predicted octanol–water partition coefficient (Wildman–Crippen LogP) is 1.36. The number of rotatable bonds is 5. The first kappa shape index (κ1) is 28.3. The fraction of sp³-hybridized carbons (Fsp3) is 0.966. The van der Waals surface area contributed by atoms with Crippen LogP contribution in [0.4, 0.5) is 0 Å². The van der Waals surface area contributed by atoms with Gasteiger partial charge in [0.25, 0.3) is 0 Å². The Morgan fingerprint density at radius 2 is 1.72 bits per heavy atom. The molecule has 7 N–H and O–H groups in total. The van der Waals surface area contributed by atoms with Gasteiger partial charge in [-0.25, -0.2) is 0 Å². The lowest BCUT2D eigenvalue weighted by molar-refractivity contribution is -0.334. The van der Waals surface area contributed by atoms with Gasteiger partial charge in [-0.05, 0) is 86.9 Å². The molecule has 2 heterocycles. The molecule has 6 fully saturated rings. The van der Waals surface area contributed by atoms with Crippen molar-refractivity contribution < 1.29 is 44.5 Å². The third-order valence-electron chi connectivity index (χ3n) is 12.7. The number of aliphatic hydroxyl groups is 4. The largest absolute Gasteiger partial charge is 0.481 e. The van der Waals surface area contributed by atoms with Crippen molar-refractivity contribution in [2.75, 3.05) is 6.61 Å². The van der Waals surface area contributed by atoms with Crippen LogP contribution in [0.3, 0.4) is 0 Å². The summed E-state index contributed by atoms with van der Waals surface area (Å²) in [6.07, 6.45) is 3.23. The standard InChI is InChI=1S/C29H47NO9/c1-27-8-5-15(37-26-24(35)22(30)23(34)20(13-31)38-26)11-14(27)3-4-19-18(27)6-9-28(2)17-7-10-29(19,28)39-25(36)16(17)12-21(32)33/h14-20,22-26,31,34-36H,3-13,30H2,1-2H3,(H,32,33)/t14-,15+,16+,17-,18+,19-,20-,22-,23-,24-,25+,26-,27+,28-,29+/m1/s1. The summed E-state index contributed by atoms with van der Waals surface area (Å²) >= 11 is 0. The van der Waals surface area contributed by atoms with Crippen LogP contribution in [-0.2, 0) is 19.0 Å². The summed E-state index contributed by atoms with van der Waals surface area (Å²) in [5, 5.41) is 50.9. The zero-order valence-electron chi connectivity index (χ0n) is 23.2. The molecule has 0 aromatic heterocycles. The molecule has 0 aromatic carbocycles. The van der Waals surface area contributed by atoms with Crippen LogP contribution in [-0.4, -0.2) is 86.7 Å². The number of carboxylic acid groups (broad SMARTS) is 1. The number of carbonyl (C=O) groups is 1. The van der Waals surface area contributed by atoms with Gasteiger partial charge < -0.3 is 45.5 Å². The fourth-order valence-corrected chi connectivity index (χ4v) is 10.7. The second-order valence-corrected chi connectivity index (χ2v) is 14.1. The topological polar surface area (TPSA) is 172 Å². The number of hydrogen-bond acceptors (Lipinski definition) is 9. The first-order valence-corrected chi connectivity index (χ1v) is 15.1. The highest BCUT2D eigenvalue weighted by atomic mass is 16.7. The molecule has 6 rings (SSSR count). The van der Waals surface area contributed by atoms with Gasteiger partial charge in [-0.2, -0.15) is 0 Å². The Bertz CT molecular complexity index is 950. The van der Waals surface area contributed by atoms with Crippen LogP contribution in [0.5, 0.6) is 0 Å². The Labute approximate surface area is 230 Å². The van der Waals surface area contributed by atoms with Crippen molar-refractivity contribution in [3.8, 4) is 0 Å². The van der Waals surface area contributed by atoms with Crippen LogP contribution >= 0.6 is 0 Å². The van der Waals surface area contributed by atoms with E-state index in [0.717, 1.165) is 57.8 Å². The first-order chi connectivity index (χ1) is 18.4. The molecule has 2 saturated heterocycles. The SMILES string of the molecule is C[C@]12CC[C@H](O[C@@H]3O[C@H](CO)[C@@H](O)[C@@H](N)[C@H]3O)C[C@H]1CC[C@@H]1[C@@H]2CC[C@]2(C)[C@@H]3CC[C@]12O[C@H](O)[C@H]3CC(=O)O. The highest BCUT2D eigenvalue weighted by Gasteiger charge is 2.72. The molecular formula is C29H47NO9. The number of ether oxygens (including phenoxy) is 3. The van der Waals surface area contributed by atoms with E-state index in [-0.39, 0.29) is 35.2 Å². The summed E-state index contributed by atoms with van der Waals surface area (Å²) in [5.74, 6) is 0.193. The zero-order valence-corrected chi connectivity index (χ0v) is 23.2. The summed E-state index contributed by atoms with van der Waals surface area (Å²) < 4.78 is 18.6. The van der Waals surface area contributed by atoms with E-state index in [1.165, 1.54) is 0 Å². The minimum atomic E-state index is -1.17. The number of fused-ring (bicyclic) bond motifs is 3. The van der Waals surface area contributed by atoms with E-state index in [9.17, 15) is 30.3 Å². The van der Waals surface area contributed by atoms with Crippen molar-refractivity contribution in [3.63, 3.8) is 0 Å². The van der Waals surface area contributed by atoms with E-state index in [2.05, 4.69) is 13.8 Å². The summed E-state index contributed by atoms with van der Waals surface area (Å²) in [4.78, 5) is 11.6. The van der Waals surface area contributed by atoms with E-state index in [1.54, 1.807) is 0 Å². The number of nitrogens with two attached hydrogens (primary N) is 1. The van der Waals surface area contributed by atoms with Crippen molar-refractivity contribution in [3.05, 3.63) is 0 Å². The molecule has 0 amide bonds. The number of carboxylic acids is 1. The van der Waals surface area contributed by atoms with Gasteiger partial charge in [-0.15, -0.1) is 0 Å². The van der Waals surface area contributed by atoms with Crippen LogP contribution in [0.15, 0.2) is 0 Å². The Kier molecular flexibility index (Phi) is 7.15. The van der Waals surface area contributed by atoms with E-state index in [0.29, 0.717) is 17.8 Å². The average Bonchev–Trinajstić information content (AvgIpc) is 3.10. The third-order valence-corrected chi connectivity index (χ3v) is 12.7. The van der Waals surface area contributed by atoms with Crippen LogP contribution in [0, 0.1) is 40.4 Å². The zero-order chi connectivity index (χ0) is 27.9. The van der Waals surface area contributed by atoms with Gasteiger partial charge in [0.05, 0.1) is 30.8 Å². The average molecular weight is 554 g/mol. The van der Waals surface area contributed by atoms with E-state index >= 15 is 0 Å². The van der Waals surface area contributed by atoms with Crippen LogP contribution in [0.25, 0.3) is 0 Å². The number of hydrogen-bond donors (Lipinski definition) is 6. The maximum absolute atomic E-state index is 11.6. The van der Waals surface area contributed by atoms with Gasteiger partial charge in [0, 0.05) is 11.3 Å². The lowest BCUT2D eigenvalue weighted by Crippen LogP contribution is -2.67. The van der Waals surface area contributed by atoms with E-state index in [1.807, 2.05) is 0 Å². The maximum Gasteiger partial charge on any atom is 0.303 e. The van der Waals surface area contributed by atoms with Crippen molar-refractivity contribution >= 4 is 5.97 Å². The van der Waals surface area contributed by atoms with Crippen molar-refractivity contribution in [1.29, 1.82) is 0 Å². The monoisotopic (exact) mass is 553 g/mol. The molecule has 222 valence electrons. The molecule has 0 spiro atoms. The van der Waals surface area contributed by atoms with Crippen molar-refractivity contribution in [2.24, 2.45) is 46.2 Å². The van der Waals surface area contributed by atoms with Gasteiger partial charge in [0.15, 0.2) is 12.6 Å². The maximum atomic E-state index is 11.6. The second kappa shape index (κ2) is 9.87.